The molecule has 7 heteroatoms. The first-order valence-electron chi connectivity index (χ1n) is 7.36. The number of nitrogens with one attached hydrogen (secondary N) is 1. The molecule has 1 N–H and O–H groups in total. The van der Waals surface area contributed by atoms with Gasteiger partial charge in [0, 0.05) is 6.04 Å². The molecule has 2 aliphatic heterocycles. The summed E-state index contributed by atoms with van der Waals surface area (Å²) in [5.41, 5.74) is -0.404. The van der Waals surface area contributed by atoms with E-state index in [1.165, 1.54) is 4.90 Å². The van der Waals surface area contributed by atoms with Gasteiger partial charge in [-0.15, -0.1) is 0 Å². The Labute approximate surface area is 126 Å². The highest BCUT2D eigenvalue weighted by Crippen LogP contribution is 2.29. The third-order valence-corrected chi connectivity index (χ3v) is 6.09. The van der Waals surface area contributed by atoms with Crippen LogP contribution in [0.5, 0.6) is 0 Å². The molecule has 0 aromatic rings. The van der Waals surface area contributed by atoms with E-state index in [4.69, 9.17) is 0 Å². The van der Waals surface area contributed by atoms with Gasteiger partial charge in [-0.05, 0) is 25.2 Å². The van der Waals surface area contributed by atoms with Gasteiger partial charge in [0.15, 0.2) is 9.84 Å². The van der Waals surface area contributed by atoms with Crippen LogP contribution in [0.15, 0.2) is 0 Å². The van der Waals surface area contributed by atoms with Crippen LogP contribution in [0.25, 0.3) is 0 Å². The molecular formula is C14H24N2O4S. The van der Waals surface area contributed by atoms with Crippen molar-refractivity contribution in [2.75, 3.05) is 11.5 Å². The van der Waals surface area contributed by atoms with Crippen molar-refractivity contribution in [3.05, 3.63) is 0 Å². The Morgan fingerprint density at radius 2 is 1.86 bits per heavy atom. The van der Waals surface area contributed by atoms with Gasteiger partial charge < -0.3 is 10.2 Å². The zero-order chi connectivity index (χ0) is 16.0. The maximum atomic E-state index is 12.8. The fourth-order valence-electron chi connectivity index (χ4n) is 3.09. The summed E-state index contributed by atoms with van der Waals surface area (Å²) in [6, 6.07) is -1.61. The Balaban J connectivity index is 2.31. The SMILES string of the molecule is CC1C(=O)NC(C(C)(C)C)C(=O)N1C1CCCS(=O)(=O)C1. The van der Waals surface area contributed by atoms with E-state index in [2.05, 4.69) is 5.32 Å². The van der Waals surface area contributed by atoms with Gasteiger partial charge in [-0.2, -0.15) is 0 Å². The number of carbonyl (C=O) groups is 2. The Kier molecular flexibility index (Phi) is 4.08. The number of hydrogen-bond donors (Lipinski definition) is 1. The number of rotatable bonds is 1. The monoisotopic (exact) mass is 316 g/mol. The fraction of sp³-hybridized carbons (Fsp3) is 0.857. The Morgan fingerprint density at radius 3 is 2.38 bits per heavy atom. The molecular weight excluding hydrogens is 292 g/mol. The van der Waals surface area contributed by atoms with Crippen molar-refractivity contribution < 1.29 is 18.0 Å². The number of nitrogens with zero attached hydrogens (tertiary/aromatic N) is 1. The molecule has 2 heterocycles. The minimum Gasteiger partial charge on any atom is -0.342 e. The molecule has 0 aliphatic carbocycles. The van der Waals surface area contributed by atoms with Crippen LogP contribution in [0.4, 0.5) is 0 Å². The van der Waals surface area contributed by atoms with Crippen LogP contribution in [-0.4, -0.2) is 54.8 Å². The van der Waals surface area contributed by atoms with Gasteiger partial charge in [-0.3, -0.25) is 9.59 Å². The van der Waals surface area contributed by atoms with E-state index in [9.17, 15) is 18.0 Å². The molecule has 3 unspecified atom stereocenters. The molecule has 2 fully saturated rings. The van der Waals surface area contributed by atoms with Gasteiger partial charge in [-0.25, -0.2) is 8.42 Å². The van der Waals surface area contributed by atoms with Crippen molar-refractivity contribution in [3.8, 4) is 0 Å². The van der Waals surface area contributed by atoms with Crippen LogP contribution in [-0.2, 0) is 19.4 Å². The van der Waals surface area contributed by atoms with Gasteiger partial charge >= 0.3 is 0 Å². The van der Waals surface area contributed by atoms with Crippen LogP contribution < -0.4 is 5.32 Å². The summed E-state index contributed by atoms with van der Waals surface area (Å²) in [5.74, 6) is -0.239. The highest BCUT2D eigenvalue weighted by Gasteiger charge is 2.47. The maximum Gasteiger partial charge on any atom is 0.246 e. The second-order valence-electron chi connectivity index (χ2n) is 7.14. The number of hydrogen-bond acceptors (Lipinski definition) is 4. The quantitative estimate of drug-likeness (QED) is 0.755. The molecule has 0 saturated carbocycles. The Bertz CT molecular complexity index is 550. The van der Waals surface area contributed by atoms with Crippen molar-refractivity contribution in [1.29, 1.82) is 0 Å². The highest BCUT2D eigenvalue weighted by molar-refractivity contribution is 7.91. The molecule has 2 aliphatic rings. The van der Waals surface area contributed by atoms with E-state index in [1.807, 2.05) is 20.8 Å². The minimum absolute atomic E-state index is 0.0345. The van der Waals surface area contributed by atoms with Crippen molar-refractivity contribution in [2.45, 2.75) is 58.7 Å². The minimum atomic E-state index is -3.12. The van der Waals surface area contributed by atoms with Crippen LogP contribution >= 0.6 is 0 Å². The van der Waals surface area contributed by atoms with E-state index in [0.717, 1.165) is 0 Å². The number of piperazine rings is 1. The van der Waals surface area contributed by atoms with E-state index >= 15 is 0 Å². The van der Waals surface area contributed by atoms with E-state index in [0.29, 0.717) is 12.8 Å². The standard InChI is InChI=1S/C14H24N2O4S/c1-9-12(17)15-11(14(2,3)4)13(18)16(9)10-6-5-7-21(19,20)8-10/h9-11H,5-8H2,1-4H3,(H,15,17). The zero-order valence-electron chi connectivity index (χ0n) is 13.0. The molecule has 0 radical (unpaired) electrons. The summed E-state index contributed by atoms with van der Waals surface area (Å²) in [5, 5.41) is 2.77. The average molecular weight is 316 g/mol. The third kappa shape index (κ3) is 3.22. The van der Waals surface area contributed by atoms with Gasteiger partial charge in [0.2, 0.25) is 11.8 Å². The average Bonchev–Trinajstić information content (AvgIpc) is 2.31. The summed E-state index contributed by atoms with van der Waals surface area (Å²) in [6.45, 7) is 7.33. The summed E-state index contributed by atoms with van der Waals surface area (Å²) in [7, 11) is -3.12. The van der Waals surface area contributed by atoms with Crippen molar-refractivity contribution >= 4 is 21.7 Å². The molecule has 6 nitrogen and oxygen atoms in total. The predicted octanol–water partition coefficient (Wildman–Crippen LogP) is 0.325. The summed E-state index contributed by atoms with van der Waals surface area (Å²) < 4.78 is 23.7. The lowest BCUT2D eigenvalue weighted by atomic mass is 9.83. The Hall–Kier alpha value is -1.11. The van der Waals surface area contributed by atoms with Crippen LogP contribution in [0.3, 0.4) is 0 Å². The van der Waals surface area contributed by atoms with Crippen LogP contribution in [0.1, 0.15) is 40.5 Å². The fourth-order valence-corrected chi connectivity index (χ4v) is 4.78. The molecule has 0 bridgehead atoms. The lowest BCUT2D eigenvalue weighted by Gasteiger charge is -2.46. The normalized spacial score (nSPS) is 33.7. The van der Waals surface area contributed by atoms with Crippen LogP contribution in [0, 0.1) is 5.41 Å². The van der Waals surface area contributed by atoms with Crippen molar-refractivity contribution in [3.63, 3.8) is 0 Å². The molecule has 3 atom stereocenters. The lowest BCUT2D eigenvalue weighted by Crippen LogP contribution is -2.68. The third-order valence-electron chi connectivity index (χ3n) is 4.28. The van der Waals surface area contributed by atoms with Gasteiger partial charge in [0.05, 0.1) is 11.5 Å². The predicted molar refractivity (Wildman–Crippen MR) is 79.4 cm³/mol. The van der Waals surface area contributed by atoms with Gasteiger partial charge in [-0.1, -0.05) is 20.8 Å². The molecule has 0 aromatic heterocycles. The molecule has 21 heavy (non-hydrogen) atoms. The van der Waals surface area contributed by atoms with Crippen molar-refractivity contribution in [1.82, 2.24) is 10.2 Å². The number of carbonyl (C=O) groups excluding carboxylic acids is 2. The molecule has 2 rings (SSSR count). The zero-order valence-corrected chi connectivity index (χ0v) is 13.9. The molecule has 0 aromatic carbocycles. The largest absolute Gasteiger partial charge is 0.342 e. The molecule has 2 saturated heterocycles. The summed E-state index contributed by atoms with van der Waals surface area (Å²) >= 11 is 0. The molecule has 2 amide bonds. The second kappa shape index (κ2) is 5.26. The number of sulfone groups is 1. The molecule has 120 valence electrons. The first-order chi connectivity index (χ1) is 9.53. The lowest BCUT2D eigenvalue weighted by molar-refractivity contribution is -0.154. The first-order valence-corrected chi connectivity index (χ1v) is 9.18. The van der Waals surface area contributed by atoms with E-state index in [1.54, 1.807) is 6.92 Å². The maximum absolute atomic E-state index is 12.8. The topological polar surface area (TPSA) is 83.6 Å². The summed E-state index contributed by atoms with van der Waals surface area (Å²) in [6.07, 6.45) is 1.19. The van der Waals surface area contributed by atoms with Gasteiger partial charge in [0.25, 0.3) is 0 Å². The van der Waals surface area contributed by atoms with E-state index in [-0.39, 0.29) is 29.4 Å². The van der Waals surface area contributed by atoms with Crippen molar-refractivity contribution in [2.24, 2.45) is 5.41 Å². The van der Waals surface area contributed by atoms with Crippen LogP contribution in [0.2, 0.25) is 0 Å². The number of amides is 2. The first kappa shape index (κ1) is 16.3. The smallest absolute Gasteiger partial charge is 0.246 e. The Morgan fingerprint density at radius 1 is 1.24 bits per heavy atom. The highest BCUT2D eigenvalue weighted by atomic mass is 32.2. The second-order valence-corrected chi connectivity index (χ2v) is 9.37. The van der Waals surface area contributed by atoms with Gasteiger partial charge in [0.1, 0.15) is 12.1 Å². The summed E-state index contributed by atoms with van der Waals surface area (Å²) in [4.78, 5) is 26.4. The molecule has 0 spiro atoms. The van der Waals surface area contributed by atoms with E-state index < -0.39 is 27.3 Å².